The number of rotatable bonds is 1. The number of carboxylic acid groups (broad SMARTS) is 1. The normalized spacial score (nSPS) is 28.8. The summed E-state index contributed by atoms with van der Waals surface area (Å²) in [7, 11) is 0. The highest BCUT2D eigenvalue weighted by Crippen LogP contribution is 2.14. The second-order valence-electron chi connectivity index (χ2n) is 2.69. The minimum Gasteiger partial charge on any atom is -0.480 e. The van der Waals surface area contributed by atoms with Crippen LogP contribution in [0.25, 0.3) is 0 Å². The number of carboxylic acids is 1. The SMILES string of the molecule is C/C=C1/CCCN[C@@H]1C(=O)O. The number of carbonyl (C=O) groups is 1. The van der Waals surface area contributed by atoms with Gasteiger partial charge < -0.3 is 10.4 Å². The molecule has 0 aliphatic carbocycles. The third kappa shape index (κ3) is 1.80. The zero-order valence-electron chi connectivity index (χ0n) is 6.63. The Morgan fingerprint density at radius 1 is 1.82 bits per heavy atom. The van der Waals surface area contributed by atoms with Crippen LogP contribution in [0.2, 0.25) is 0 Å². The number of allylic oxidation sites excluding steroid dienone is 1. The van der Waals surface area contributed by atoms with Gasteiger partial charge in [0, 0.05) is 0 Å². The van der Waals surface area contributed by atoms with Gasteiger partial charge in [-0.2, -0.15) is 0 Å². The zero-order chi connectivity index (χ0) is 8.27. The van der Waals surface area contributed by atoms with Crippen LogP contribution in [-0.2, 0) is 4.79 Å². The molecule has 0 aromatic rings. The molecule has 0 saturated carbocycles. The van der Waals surface area contributed by atoms with E-state index in [-0.39, 0.29) is 0 Å². The third-order valence-corrected chi connectivity index (χ3v) is 1.98. The molecule has 0 aromatic carbocycles. The maximum absolute atomic E-state index is 10.6. The predicted octanol–water partition coefficient (Wildman–Crippen LogP) is 0.769. The Kier molecular flexibility index (Phi) is 2.65. The Hall–Kier alpha value is -0.830. The molecule has 1 saturated heterocycles. The van der Waals surface area contributed by atoms with Gasteiger partial charge in [-0.1, -0.05) is 6.08 Å². The van der Waals surface area contributed by atoms with E-state index in [2.05, 4.69) is 5.32 Å². The van der Waals surface area contributed by atoms with Crippen molar-refractivity contribution in [3.8, 4) is 0 Å². The largest absolute Gasteiger partial charge is 0.480 e. The monoisotopic (exact) mass is 155 g/mol. The van der Waals surface area contributed by atoms with Gasteiger partial charge in [0.05, 0.1) is 0 Å². The summed E-state index contributed by atoms with van der Waals surface area (Å²) in [6, 6.07) is -0.436. The fraction of sp³-hybridized carbons (Fsp3) is 0.625. The first-order valence-electron chi connectivity index (χ1n) is 3.87. The molecule has 11 heavy (non-hydrogen) atoms. The van der Waals surface area contributed by atoms with Crippen LogP contribution in [0.1, 0.15) is 19.8 Å². The molecule has 2 N–H and O–H groups in total. The molecule has 3 nitrogen and oxygen atoms in total. The van der Waals surface area contributed by atoms with Gasteiger partial charge in [0.1, 0.15) is 6.04 Å². The van der Waals surface area contributed by atoms with E-state index in [1.807, 2.05) is 13.0 Å². The van der Waals surface area contributed by atoms with Gasteiger partial charge in [-0.15, -0.1) is 0 Å². The first-order valence-corrected chi connectivity index (χ1v) is 3.87. The van der Waals surface area contributed by atoms with Crippen LogP contribution in [-0.4, -0.2) is 23.7 Å². The van der Waals surface area contributed by atoms with E-state index in [9.17, 15) is 4.79 Å². The summed E-state index contributed by atoms with van der Waals surface area (Å²) in [4.78, 5) is 10.6. The minimum absolute atomic E-state index is 0.436. The van der Waals surface area contributed by atoms with Crippen molar-refractivity contribution in [2.24, 2.45) is 0 Å². The summed E-state index contributed by atoms with van der Waals surface area (Å²) >= 11 is 0. The van der Waals surface area contributed by atoms with Gasteiger partial charge in [0.2, 0.25) is 0 Å². The van der Waals surface area contributed by atoms with Crippen LogP contribution in [0.15, 0.2) is 11.6 Å². The number of piperidine rings is 1. The summed E-state index contributed by atoms with van der Waals surface area (Å²) in [5.74, 6) is -0.766. The Balaban J connectivity index is 2.67. The fourth-order valence-electron chi connectivity index (χ4n) is 1.37. The first-order chi connectivity index (χ1) is 5.25. The van der Waals surface area contributed by atoms with Gasteiger partial charge in [0.15, 0.2) is 0 Å². The lowest BCUT2D eigenvalue weighted by Crippen LogP contribution is -2.42. The van der Waals surface area contributed by atoms with Crippen LogP contribution in [0.3, 0.4) is 0 Å². The molecule has 0 radical (unpaired) electrons. The molecule has 1 atom stereocenters. The van der Waals surface area contributed by atoms with E-state index < -0.39 is 12.0 Å². The molecule has 0 bridgehead atoms. The van der Waals surface area contributed by atoms with Gasteiger partial charge in [-0.25, -0.2) is 0 Å². The molecule has 0 aromatic heterocycles. The average molecular weight is 155 g/mol. The Labute approximate surface area is 66.1 Å². The molecule has 1 fully saturated rings. The van der Waals surface area contributed by atoms with Crippen molar-refractivity contribution in [3.63, 3.8) is 0 Å². The van der Waals surface area contributed by atoms with Crippen LogP contribution >= 0.6 is 0 Å². The van der Waals surface area contributed by atoms with Gasteiger partial charge >= 0.3 is 5.97 Å². The molecule has 0 amide bonds. The van der Waals surface area contributed by atoms with E-state index in [4.69, 9.17) is 5.11 Å². The summed E-state index contributed by atoms with van der Waals surface area (Å²) in [5, 5.41) is 11.7. The van der Waals surface area contributed by atoms with Crippen molar-refractivity contribution in [1.82, 2.24) is 5.32 Å². The maximum atomic E-state index is 10.6. The second kappa shape index (κ2) is 3.53. The molecular weight excluding hydrogens is 142 g/mol. The smallest absolute Gasteiger partial charge is 0.325 e. The lowest BCUT2D eigenvalue weighted by Gasteiger charge is -2.22. The van der Waals surface area contributed by atoms with E-state index in [0.717, 1.165) is 25.0 Å². The van der Waals surface area contributed by atoms with E-state index in [1.165, 1.54) is 0 Å². The number of hydrogen-bond donors (Lipinski definition) is 2. The van der Waals surface area contributed by atoms with Crippen molar-refractivity contribution in [3.05, 3.63) is 11.6 Å². The molecule has 0 unspecified atom stereocenters. The molecule has 1 heterocycles. The first kappa shape index (κ1) is 8.27. The van der Waals surface area contributed by atoms with Crippen molar-refractivity contribution >= 4 is 5.97 Å². The lowest BCUT2D eigenvalue weighted by molar-refractivity contribution is -0.138. The highest BCUT2D eigenvalue weighted by atomic mass is 16.4. The van der Waals surface area contributed by atoms with Crippen LogP contribution in [0, 0.1) is 0 Å². The second-order valence-corrected chi connectivity index (χ2v) is 2.69. The average Bonchev–Trinajstić information content (AvgIpc) is 2.04. The number of hydrogen-bond acceptors (Lipinski definition) is 2. The number of nitrogens with one attached hydrogen (secondary N) is 1. The Bertz CT molecular complexity index is 187. The van der Waals surface area contributed by atoms with Crippen LogP contribution in [0.4, 0.5) is 0 Å². The Morgan fingerprint density at radius 3 is 3.00 bits per heavy atom. The van der Waals surface area contributed by atoms with Crippen molar-refractivity contribution in [2.45, 2.75) is 25.8 Å². The highest BCUT2D eigenvalue weighted by Gasteiger charge is 2.23. The predicted molar refractivity (Wildman–Crippen MR) is 42.4 cm³/mol. The molecule has 1 aliphatic rings. The topological polar surface area (TPSA) is 49.3 Å². The Morgan fingerprint density at radius 2 is 2.55 bits per heavy atom. The summed E-state index contributed by atoms with van der Waals surface area (Å²) in [6.07, 6.45) is 3.86. The molecule has 1 aliphatic heterocycles. The van der Waals surface area contributed by atoms with E-state index >= 15 is 0 Å². The molecular formula is C8H13NO2. The van der Waals surface area contributed by atoms with Crippen molar-refractivity contribution < 1.29 is 9.90 Å². The maximum Gasteiger partial charge on any atom is 0.325 e. The zero-order valence-corrected chi connectivity index (χ0v) is 6.63. The van der Waals surface area contributed by atoms with Gasteiger partial charge in [-0.05, 0) is 31.9 Å². The summed E-state index contributed by atoms with van der Waals surface area (Å²) < 4.78 is 0. The van der Waals surface area contributed by atoms with Crippen molar-refractivity contribution in [2.75, 3.05) is 6.54 Å². The summed E-state index contributed by atoms with van der Waals surface area (Å²) in [5.41, 5.74) is 1.00. The van der Waals surface area contributed by atoms with Gasteiger partial charge in [-0.3, -0.25) is 4.79 Å². The van der Waals surface area contributed by atoms with E-state index in [0.29, 0.717) is 0 Å². The van der Waals surface area contributed by atoms with Crippen molar-refractivity contribution in [1.29, 1.82) is 0 Å². The quantitative estimate of drug-likeness (QED) is 0.550. The fourth-order valence-corrected chi connectivity index (χ4v) is 1.37. The minimum atomic E-state index is -0.766. The molecule has 3 heteroatoms. The highest BCUT2D eigenvalue weighted by molar-refractivity contribution is 5.77. The van der Waals surface area contributed by atoms with E-state index in [1.54, 1.807) is 0 Å². The molecule has 1 rings (SSSR count). The van der Waals surface area contributed by atoms with Crippen LogP contribution < -0.4 is 5.32 Å². The molecule has 62 valence electrons. The third-order valence-electron chi connectivity index (χ3n) is 1.98. The lowest BCUT2D eigenvalue weighted by atomic mass is 9.98. The van der Waals surface area contributed by atoms with Crippen LogP contribution in [0.5, 0.6) is 0 Å². The summed E-state index contributed by atoms with van der Waals surface area (Å²) in [6.45, 7) is 2.70. The standard InChI is InChI=1S/C8H13NO2/c1-2-6-4-3-5-9-7(6)8(10)11/h2,7,9H,3-5H2,1H3,(H,10,11)/b6-2-/t7-/m0/s1. The number of aliphatic carboxylic acids is 1. The van der Waals surface area contributed by atoms with Gasteiger partial charge in [0.25, 0.3) is 0 Å². The molecule has 0 spiro atoms.